The van der Waals surface area contributed by atoms with Gasteiger partial charge in [0.1, 0.15) is 0 Å². The fraction of sp³-hybridized carbons (Fsp3) is 1.00. The summed E-state index contributed by atoms with van der Waals surface area (Å²) in [6.07, 6.45) is 5.48. The first kappa shape index (κ1) is 12.4. The Balaban J connectivity index is 1.94. The van der Waals surface area contributed by atoms with E-state index in [1.54, 1.807) is 0 Å². The van der Waals surface area contributed by atoms with Crippen LogP contribution in [0.4, 0.5) is 0 Å². The molecule has 2 heterocycles. The van der Waals surface area contributed by atoms with Crippen LogP contribution < -0.4 is 0 Å². The Morgan fingerprint density at radius 3 is 2.38 bits per heavy atom. The van der Waals surface area contributed by atoms with Crippen LogP contribution in [0.2, 0.25) is 0 Å². The predicted molar refractivity (Wildman–Crippen MR) is 69.8 cm³/mol. The number of hydrogen-bond donors (Lipinski definition) is 0. The van der Waals surface area contributed by atoms with Gasteiger partial charge >= 0.3 is 0 Å². The fourth-order valence-corrected chi connectivity index (χ4v) is 3.63. The van der Waals surface area contributed by atoms with E-state index < -0.39 is 0 Å². The van der Waals surface area contributed by atoms with Crippen molar-refractivity contribution in [3.05, 3.63) is 0 Å². The summed E-state index contributed by atoms with van der Waals surface area (Å²) in [5.74, 6) is 0. The normalized spacial score (nSPS) is 31.5. The van der Waals surface area contributed by atoms with Crippen LogP contribution in [-0.2, 0) is 0 Å². The zero-order chi connectivity index (χ0) is 11.8. The minimum atomic E-state index is 0.426. The van der Waals surface area contributed by atoms with E-state index in [9.17, 15) is 0 Å². The van der Waals surface area contributed by atoms with E-state index in [2.05, 4.69) is 37.5 Å². The van der Waals surface area contributed by atoms with E-state index in [0.29, 0.717) is 5.54 Å². The van der Waals surface area contributed by atoms with Crippen molar-refractivity contribution < 1.29 is 0 Å². The first-order chi connectivity index (χ1) is 7.58. The molecule has 2 rings (SSSR count). The highest BCUT2D eigenvalue weighted by atomic mass is 15.4. The average Bonchev–Trinajstić information content (AvgIpc) is 2.85. The van der Waals surface area contributed by atoms with Gasteiger partial charge in [-0.2, -0.15) is 0 Å². The number of likely N-dealkylation sites (tertiary alicyclic amines) is 2. The summed E-state index contributed by atoms with van der Waals surface area (Å²) in [7, 11) is 0. The summed E-state index contributed by atoms with van der Waals surface area (Å²) in [5, 5.41) is 0. The minimum Gasteiger partial charge on any atom is -0.298 e. The number of fused-ring (bicyclic) bond motifs is 2. The maximum Gasteiger partial charge on any atom is 0.0244 e. The van der Waals surface area contributed by atoms with E-state index in [0.717, 1.165) is 12.1 Å². The molecule has 0 aromatic heterocycles. The Morgan fingerprint density at radius 2 is 1.88 bits per heavy atom. The smallest absolute Gasteiger partial charge is 0.0244 e. The molecule has 2 unspecified atom stereocenters. The Morgan fingerprint density at radius 1 is 1.12 bits per heavy atom. The van der Waals surface area contributed by atoms with Crippen molar-refractivity contribution in [1.82, 2.24) is 9.80 Å². The molecule has 2 aliphatic rings. The summed E-state index contributed by atoms with van der Waals surface area (Å²) < 4.78 is 0. The maximum atomic E-state index is 2.79. The second-order valence-corrected chi connectivity index (χ2v) is 6.20. The van der Waals surface area contributed by atoms with Crippen LogP contribution in [0.3, 0.4) is 0 Å². The molecule has 0 aromatic rings. The number of hydrogen-bond acceptors (Lipinski definition) is 2. The largest absolute Gasteiger partial charge is 0.298 e. The van der Waals surface area contributed by atoms with Gasteiger partial charge in [-0.1, -0.05) is 26.7 Å². The zero-order valence-corrected chi connectivity index (χ0v) is 11.5. The molecule has 2 fully saturated rings. The molecule has 2 saturated heterocycles. The molecule has 2 aliphatic heterocycles. The van der Waals surface area contributed by atoms with Crippen LogP contribution in [0.1, 0.15) is 53.4 Å². The standard InChI is InChI=1S/C14H28N2/c1-5-7-8-14(3,4)16-11-12-9-13(16)10-15(12)6-2/h12-13H,5-11H2,1-4H3. The van der Waals surface area contributed by atoms with Crippen LogP contribution in [0.5, 0.6) is 0 Å². The van der Waals surface area contributed by atoms with E-state index >= 15 is 0 Å². The topological polar surface area (TPSA) is 6.48 Å². The molecule has 0 saturated carbocycles. The fourth-order valence-electron chi connectivity index (χ4n) is 3.63. The van der Waals surface area contributed by atoms with Gasteiger partial charge in [0, 0.05) is 30.7 Å². The summed E-state index contributed by atoms with van der Waals surface area (Å²) in [6.45, 7) is 13.4. The quantitative estimate of drug-likeness (QED) is 0.708. The Labute approximate surface area is 101 Å². The molecule has 0 spiro atoms. The monoisotopic (exact) mass is 224 g/mol. The van der Waals surface area contributed by atoms with Crippen LogP contribution in [-0.4, -0.2) is 47.1 Å². The lowest BCUT2D eigenvalue weighted by atomic mass is 9.94. The lowest BCUT2D eigenvalue weighted by molar-refractivity contribution is 0.0429. The second-order valence-electron chi connectivity index (χ2n) is 6.20. The van der Waals surface area contributed by atoms with E-state index in [4.69, 9.17) is 0 Å². The van der Waals surface area contributed by atoms with Crippen molar-refractivity contribution in [2.45, 2.75) is 71.0 Å². The van der Waals surface area contributed by atoms with Crippen molar-refractivity contribution in [2.75, 3.05) is 19.6 Å². The Kier molecular flexibility index (Phi) is 3.60. The molecule has 0 N–H and O–H groups in total. The van der Waals surface area contributed by atoms with Gasteiger partial charge in [0.15, 0.2) is 0 Å². The highest BCUT2D eigenvalue weighted by molar-refractivity contribution is 5.03. The molecule has 0 aromatic carbocycles. The number of nitrogens with zero attached hydrogens (tertiary/aromatic N) is 2. The van der Waals surface area contributed by atoms with E-state index in [1.165, 1.54) is 45.3 Å². The van der Waals surface area contributed by atoms with Crippen molar-refractivity contribution in [3.63, 3.8) is 0 Å². The van der Waals surface area contributed by atoms with Gasteiger partial charge in [-0.25, -0.2) is 0 Å². The molecular formula is C14H28N2. The van der Waals surface area contributed by atoms with Crippen molar-refractivity contribution >= 4 is 0 Å². The molecule has 0 radical (unpaired) electrons. The van der Waals surface area contributed by atoms with Crippen LogP contribution in [0, 0.1) is 0 Å². The Hall–Kier alpha value is -0.0800. The summed E-state index contributed by atoms with van der Waals surface area (Å²) >= 11 is 0. The molecule has 2 bridgehead atoms. The highest BCUT2D eigenvalue weighted by Crippen LogP contribution is 2.37. The van der Waals surface area contributed by atoms with Gasteiger partial charge in [-0.15, -0.1) is 0 Å². The second kappa shape index (κ2) is 4.66. The number of rotatable bonds is 5. The van der Waals surface area contributed by atoms with Gasteiger partial charge < -0.3 is 0 Å². The predicted octanol–water partition coefficient (Wildman–Crippen LogP) is 2.73. The number of piperazine rings is 1. The SMILES string of the molecule is CCCCC(C)(C)N1CC2CC1CN2CC. The molecule has 0 aliphatic carbocycles. The van der Waals surface area contributed by atoms with Crippen molar-refractivity contribution in [2.24, 2.45) is 0 Å². The average molecular weight is 224 g/mol. The molecule has 0 amide bonds. The third kappa shape index (κ3) is 2.14. The van der Waals surface area contributed by atoms with Crippen LogP contribution in [0.15, 0.2) is 0 Å². The summed E-state index contributed by atoms with van der Waals surface area (Å²) in [5.41, 5.74) is 0.426. The molecule has 2 nitrogen and oxygen atoms in total. The third-order valence-electron chi connectivity index (χ3n) is 4.68. The van der Waals surface area contributed by atoms with Crippen LogP contribution >= 0.6 is 0 Å². The molecular weight excluding hydrogens is 196 g/mol. The van der Waals surface area contributed by atoms with Gasteiger partial charge in [0.05, 0.1) is 0 Å². The zero-order valence-electron chi connectivity index (χ0n) is 11.5. The lowest BCUT2D eigenvalue weighted by Crippen LogP contribution is -2.54. The maximum absolute atomic E-state index is 2.79. The van der Waals surface area contributed by atoms with Gasteiger partial charge in [0.2, 0.25) is 0 Å². The summed E-state index contributed by atoms with van der Waals surface area (Å²) in [4.78, 5) is 5.45. The molecule has 94 valence electrons. The van der Waals surface area contributed by atoms with Gasteiger partial charge in [-0.05, 0) is 33.2 Å². The summed E-state index contributed by atoms with van der Waals surface area (Å²) in [6, 6.07) is 1.70. The highest BCUT2D eigenvalue weighted by Gasteiger charge is 2.46. The first-order valence-corrected chi connectivity index (χ1v) is 7.09. The third-order valence-corrected chi connectivity index (χ3v) is 4.68. The molecule has 2 heteroatoms. The number of unbranched alkanes of at least 4 members (excludes halogenated alkanes) is 1. The van der Waals surface area contributed by atoms with Crippen molar-refractivity contribution in [1.29, 1.82) is 0 Å². The van der Waals surface area contributed by atoms with E-state index in [-0.39, 0.29) is 0 Å². The minimum absolute atomic E-state index is 0.426. The Bertz CT molecular complexity index is 237. The number of likely N-dealkylation sites (N-methyl/N-ethyl adjacent to an activating group) is 1. The van der Waals surface area contributed by atoms with Gasteiger partial charge in [0.25, 0.3) is 0 Å². The van der Waals surface area contributed by atoms with E-state index in [1.807, 2.05) is 0 Å². The molecule has 16 heavy (non-hydrogen) atoms. The lowest BCUT2D eigenvalue weighted by Gasteiger charge is -2.44. The van der Waals surface area contributed by atoms with Gasteiger partial charge in [-0.3, -0.25) is 9.80 Å². The van der Waals surface area contributed by atoms with Crippen LogP contribution in [0.25, 0.3) is 0 Å². The molecule has 2 atom stereocenters. The first-order valence-electron chi connectivity index (χ1n) is 7.09. The van der Waals surface area contributed by atoms with Crippen molar-refractivity contribution in [3.8, 4) is 0 Å².